The van der Waals surface area contributed by atoms with Crippen molar-refractivity contribution in [1.29, 1.82) is 0 Å². The number of rotatable bonds is 5. The molecule has 0 aliphatic heterocycles. The maximum Gasteiger partial charge on any atom is 0.308 e. The Kier molecular flexibility index (Phi) is 5.62. The van der Waals surface area contributed by atoms with Gasteiger partial charge in [-0.2, -0.15) is 0 Å². The maximum absolute atomic E-state index is 11.5. The zero-order valence-electron chi connectivity index (χ0n) is 13.0. The van der Waals surface area contributed by atoms with Crippen molar-refractivity contribution in [2.45, 2.75) is 38.1 Å². The number of anilines is 1. The third-order valence-electron chi connectivity index (χ3n) is 4.59. The van der Waals surface area contributed by atoms with E-state index < -0.39 is 0 Å². The Labute approximate surface area is 127 Å². The molecule has 0 aromatic heterocycles. The molecule has 116 valence electrons. The highest BCUT2D eigenvalue weighted by molar-refractivity contribution is 5.72. The molecule has 0 heterocycles. The van der Waals surface area contributed by atoms with E-state index in [2.05, 4.69) is 24.1 Å². The van der Waals surface area contributed by atoms with Crippen molar-refractivity contribution >= 4 is 11.7 Å². The number of carbonyl (C=O) groups excluding carboxylic acids is 1. The molecule has 1 aliphatic carbocycles. The first kappa shape index (κ1) is 15.8. The summed E-state index contributed by atoms with van der Waals surface area (Å²) in [6, 6.07) is 8.68. The molecule has 21 heavy (non-hydrogen) atoms. The molecule has 0 saturated heterocycles. The standard InChI is InChI=1S/C17H26N2O2/c1-19(12-11-13-3-7-15(18)8-4-13)16-9-5-14(6-10-16)17(20)21-2/h3-4,7-8,14,16H,5-6,9-12,18H2,1-2H3. The van der Waals surface area contributed by atoms with E-state index >= 15 is 0 Å². The molecule has 0 bridgehead atoms. The van der Waals surface area contributed by atoms with E-state index in [-0.39, 0.29) is 11.9 Å². The lowest BCUT2D eigenvalue weighted by Gasteiger charge is -2.33. The van der Waals surface area contributed by atoms with Gasteiger partial charge in [-0.3, -0.25) is 4.79 Å². The Morgan fingerprint density at radius 1 is 1.24 bits per heavy atom. The Morgan fingerprint density at radius 2 is 1.86 bits per heavy atom. The molecule has 2 N–H and O–H groups in total. The predicted molar refractivity (Wildman–Crippen MR) is 85.0 cm³/mol. The van der Waals surface area contributed by atoms with Crippen LogP contribution < -0.4 is 5.73 Å². The smallest absolute Gasteiger partial charge is 0.308 e. The fraction of sp³-hybridized carbons (Fsp3) is 0.588. The molecule has 1 aromatic carbocycles. The van der Waals surface area contributed by atoms with Gasteiger partial charge < -0.3 is 15.4 Å². The first-order valence-electron chi connectivity index (χ1n) is 7.72. The van der Waals surface area contributed by atoms with E-state index in [1.54, 1.807) is 0 Å². The zero-order valence-corrected chi connectivity index (χ0v) is 13.0. The van der Waals surface area contributed by atoms with Crippen molar-refractivity contribution < 1.29 is 9.53 Å². The number of carbonyl (C=O) groups is 1. The van der Waals surface area contributed by atoms with Crippen molar-refractivity contribution in [1.82, 2.24) is 4.90 Å². The molecule has 4 nitrogen and oxygen atoms in total. The van der Waals surface area contributed by atoms with Crippen molar-refractivity contribution in [3.8, 4) is 0 Å². The minimum atomic E-state index is -0.0435. The van der Waals surface area contributed by atoms with E-state index in [0.29, 0.717) is 6.04 Å². The molecular weight excluding hydrogens is 264 g/mol. The van der Waals surface area contributed by atoms with Crippen LogP contribution in [0.5, 0.6) is 0 Å². The van der Waals surface area contributed by atoms with Crippen LogP contribution >= 0.6 is 0 Å². The van der Waals surface area contributed by atoms with Crippen molar-refractivity contribution in [2.24, 2.45) is 5.92 Å². The zero-order chi connectivity index (χ0) is 15.2. The molecular formula is C17H26N2O2. The monoisotopic (exact) mass is 290 g/mol. The second-order valence-corrected chi connectivity index (χ2v) is 6.00. The number of likely N-dealkylation sites (N-methyl/N-ethyl adjacent to an activating group) is 1. The second kappa shape index (κ2) is 7.46. The lowest BCUT2D eigenvalue weighted by atomic mass is 9.85. The molecule has 0 radical (unpaired) electrons. The molecule has 0 amide bonds. The van der Waals surface area contributed by atoms with Gasteiger partial charge in [0.25, 0.3) is 0 Å². The van der Waals surface area contributed by atoms with E-state index in [1.165, 1.54) is 12.7 Å². The van der Waals surface area contributed by atoms with Crippen LogP contribution in [-0.2, 0) is 16.0 Å². The van der Waals surface area contributed by atoms with Crippen LogP contribution in [0.4, 0.5) is 5.69 Å². The van der Waals surface area contributed by atoms with Gasteiger partial charge in [0.2, 0.25) is 0 Å². The van der Waals surface area contributed by atoms with Gasteiger partial charge in [-0.25, -0.2) is 0 Å². The first-order chi connectivity index (χ1) is 10.1. The fourth-order valence-corrected chi connectivity index (χ4v) is 3.09. The summed E-state index contributed by atoms with van der Waals surface area (Å²) in [4.78, 5) is 14.0. The number of benzene rings is 1. The minimum Gasteiger partial charge on any atom is -0.469 e. The average Bonchev–Trinajstić information content (AvgIpc) is 2.53. The van der Waals surface area contributed by atoms with Crippen LogP contribution in [0.25, 0.3) is 0 Å². The van der Waals surface area contributed by atoms with Crippen LogP contribution in [-0.4, -0.2) is 37.6 Å². The van der Waals surface area contributed by atoms with E-state index in [4.69, 9.17) is 10.5 Å². The van der Waals surface area contributed by atoms with Gasteiger partial charge in [0, 0.05) is 18.3 Å². The number of nitrogen functional groups attached to an aromatic ring is 1. The molecule has 0 atom stereocenters. The third-order valence-corrected chi connectivity index (χ3v) is 4.59. The second-order valence-electron chi connectivity index (χ2n) is 6.00. The highest BCUT2D eigenvalue weighted by atomic mass is 16.5. The third kappa shape index (κ3) is 4.46. The van der Waals surface area contributed by atoms with Crippen LogP contribution in [0.3, 0.4) is 0 Å². The number of hydrogen-bond donors (Lipinski definition) is 1. The largest absolute Gasteiger partial charge is 0.469 e. The quantitative estimate of drug-likeness (QED) is 0.668. The predicted octanol–water partition coefficient (Wildman–Crippen LogP) is 2.47. The van der Waals surface area contributed by atoms with Crippen LogP contribution in [0, 0.1) is 5.92 Å². The summed E-state index contributed by atoms with van der Waals surface area (Å²) in [5, 5.41) is 0. The minimum absolute atomic E-state index is 0.0435. The van der Waals surface area contributed by atoms with Gasteiger partial charge in [-0.15, -0.1) is 0 Å². The Balaban J connectivity index is 1.75. The number of esters is 1. The molecule has 1 aliphatic rings. The summed E-state index contributed by atoms with van der Waals surface area (Å²) in [6.45, 7) is 1.04. The van der Waals surface area contributed by atoms with Crippen molar-refractivity contribution in [2.75, 3.05) is 26.4 Å². The molecule has 2 rings (SSSR count). The Hall–Kier alpha value is -1.55. The Morgan fingerprint density at radius 3 is 2.43 bits per heavy atom. The summed E-state index contributed by atoms with van der Waals surface area (Å²) < 4.78 is 4.84. The maximum atomic E-state index is 11.5. The highest BCUT2D eigenvalue weighted by Gasteiger charge is 2.28. The van der Waals surface area contributed by atoms with Crippen molar-refractivity contribution in [3.63, 3.8) is 0 Å². The number of ether oxygens (including phenoxy) is 1. The first-order valence-corrected chi connectivity index (χ1v) is 7.72. The van der Waals surface area contributed by atoms with E-state index in [0.717, 1.165) is 44.3 Å². The van der Waals surface area contributed by atoms with Crippen LogP contribution in [0.1, 0.15) is 31.2 Å². The SMILES string of the molecule is COC(=O)C1CCC(N(C)CCc2ccc(N)cc2)CC1. The Bertz CT molecular complexity index is 450. The van der Waals surface area contributed by atoms with Gasteiger partial charge in [-0.1, -0.05) is 12.1 Å². The molecule has 4 heteroatoms. The summed E-state index contributed by atoms with van der Waals surface area (Å²) in [5.74, 6) is 0.0646. The molecule has 1 saturated carbocycles. The highest BCUT2D eigenvalue weighted by Crippen LogP contribution is 2.27. The van der Waals surface area contributed by atoms with Crippen molar-refractivity contribution in [3.05, 3.63) is 29.8 Å². The van der Waals surface area contributed by atoms with Crippen LogP contribution in [0.2, 0.25) is 0 Å². The average molecular weight is 290 g/mol. The summed E-state index contributed by atoms with van der Waals surface area (Å²) >= 11 is 0. The van der Waals surface area contributed by atoms with Gasteiger partial charge in [-0.05, 0) is 56.8 Å². The summed E-state index contributed by atoms with van der Waals surface area (Å²) in [5.41, 5.74) is 7.83. The number of hydrogen-bond acceptors (Lipinski definition) is 4. The number of nitrogens with two attached hydrogens (primary N) is 1. The summed E-state index contributed by atoms with van der Waals surface area (Å²) in [7, 11) is 3.66. The van der Waals surface area contributed by atoms with E-state index in [9.17, 15) is 4.79 Å². The van der Waals surface area contributed by atoms with Gasteiger partial charge >= 0.3 is 5.97 Å². The van der Waals surface area contributed by atoms with Crippen LogP contribution in [0.15, 0.2) is 24.3 Å². The van der Waals surface area contributed by atoms with Gasteiger partial charge in [0.1, 0.15) is 0 Å². The lowest BCUT2D eigenvalue weighted by molar-refractivity contribution is -0.146. The summed E-state index contributed by atoms with van der Waals surface area (Å²) in [6.07, 6.45) is 5.09. The number of nitrogens with zero attached hydrogens (tertiary/aromatic N) is 1. The molecule has 1 aromatic rings. The lowest BCUT2D eigenvalue weighted by Crippen LogP contribution is -2.37. The molecule has 0 spiro atoms. The van der Waals surface area contributed by atoms with Gasteiger partial charge in [0.05, 0.1) is 13.0 Å². The topological polar surface area (TPSA) is 55.6 Å². The molecule has 1 fully saturated rings. The van der Waals surface area contributed by atoms with E-state index in [1.807, 2.05) is 12.1 Å². The normalized spacial score (nSPS) is 22.2. The number of methoxy groups -OCH3 is 1. The van der Waals surface area contributed by atoms with Gasteiger partial charge in [0.15, 0.2) is 0 Å². The molecule has 0 unspecified atom stereocenters. The fourth-order valence-electron chi connectivity index (χ4n) is 3.09.